The first-order chi connectivity index (χ1) is 15.3. The molecule has 5 N–H and O–H groups in total. The second-order valence-corrected chi connectivity index (χ2v) is 8.33. The molecule has 5 amide bonds. The van der Waals surface area contributed by atoms with Crippen LogP contribution in [0.3, 0.4) is 0 Å². The van der Waals surface area contributed by atoms with Gasteiger partial charge in [0, 0.05) is 13.6 Å². The number of nitrogens with zero attached hydrogens (tertiary/aromatic N) is 2. The van der Waals surface area contributed by atoms with Gasteiger partial charge >= 0.3 is 5.97 Å². The molecule has 2 aliphatic heterocycles. The van der Waals surface area contributed by atoms with Crippen molar-refractivity contribution in [1.82, 2.24) is 20.4 Å². The van der Waals surface area contributed by atoms with Gasteiger partial charge in [0.05, 0.1) is 5.70 Å². The zero-order valence-corrected chi connectivity index (χ0v) is 18.9. The van der Waals surface area contributed by atoms with Crippen LogP contribution >= 0.6 is 0 Å². The number of aliphatic hydroxyl groups is 1. The summed E-state index contributed by atoms with van der Waals surface area (Å²) in [4.78, 5) is 77.2. The predicted octanol–water partition coefficient (Wildman–Crippen LogP) is -3.02. The van der Waals surface area contributed by atoms with Crippen molar-refractivity contribution < 1.29 is 38.6 Å². The number of ether oxygens (including phenoxy) is 1. The lowest BCUT2D eigenvalue weighted by atomic mass is 10.1. The van der Waals surface area contributed by atoms with E-state index in [1.165, 1.54) is 18.7 Å². The number of aliphatic hydroxyl groups excluding tert-OH is 1. The quantitative estimate of drug-likeness (QED) is 0.244. The van der Waals surface area contributed by atoms with Gasteiger partial charge in [0.1, 0.15) is 18.1 Å². The van der Waals surface area contributed by atoms with Crippen molar-refractivity contribution in [3.05, 3.63) is 12.3 Å². The summed E-state index contributed by atoms with van der Waals surface area (Å²) >= 11 is 0. The van der Waals surface area contributed by atoms with Crippen LogP contribution in [0.15, 0.2) is 12.3 Å². The van der Waals surface area contributed by atoms with Crippen LogP contribution in [0.25, 0.3) is 0 Å². The van der Waals surface area contributed by atoms with E-state index in [0.717, 1.165) is 7.05 Å². The molecule has 2 aliphatic rings. The molecule has 0 aromatic rings. The van der Waals surface area contributed by atoms with Crippen molar-refractivity contribution in [3.8, 4) is 0 Å². The molecule has 6 unspecified atom stereocenters. The number of likely N-dealkylation sites (N-methyl/N-ethyl adjacent to an activating group) is 1. The average Bonchev–Trinajstić information content (AvgIpc) is 3.13. The molecule has 182 valence electrons. The molecular formula is C20H29N5O8. The Labute approximate surface area is 190 Å². The number of esters is 1. The monoisotopic (exact) mass is 467 g/mol. The summed E-state index contributed by atoms with van der Waals surface area (Å²) in [6.45, 7) is 8.11. The number of fused-ring (bicyclic) bond motifs is 1. The van der Waals surface area contributed by atoms with Crippen LogP contribution in [0, 0.1) is 5.92 Å². The Morgan fingerprint density at radius 3 is 2.36 bits per heavy atom. The van der Waals surface area contributed by atoms with Gasteiger partial charge in [-0.15, -0.1) is 0 Å². The third-order valence-electron chi connectivity index (χ3n) is 5.59. The lowest BCUT2D eigenvalue weighted by Crippen LogP contribution is -2.61. The number of nitrogens with one attached hydrogen (secondary N) is 2. The van der Waals surface area contributed by atoms with E-state index in [4.69, 9.17) is 10.5 Å². The molecule has 13 heteroatoms. The molecule has 2 saturated heterocycles. The highest BCUT2D eigenvalue weighted by Crippen LogP contribution is 2.25. The molecule has 0 aromatic heterocycles. The van der Waals surface area contributed by atoms with Crippen molar-refractivity contribution in [2.24, 2.45) is 11.7 Å². The van der Waals surface area contributed by atoms with E-state index in [1.807, 2.05) is 6.92 Å². The van der Waals surface area contributed by atoms with Crippen molar-refractivity contribution in [3.63, 3.8) is 0 Å². The number of carbonyl (C=O) groups is 6. The maximum absolute atomic E-state index is 12.9. The standard InChI is InChI=1S/C20H29N5O8/c1-8-6-12-20(32)33-11(4)19(31)24(5)13(14(26)15(21)27)17(29)22-9(2)16(28)23-10(3)18(30)25(12)7-8/h8-9,11-14,26H,3,6-7H2,1-2,4-5H3,(H2,21,27)(H,22,29)(H,23,28). The summed E-state index contributed by atoms with van der Waals surface area (Å²) in [5, 5.41) is 14.7. The van der Waals surface area contributed by atoms with Gasteiger partial charge in [-0.2, -0.15) is 0 Å². The second-order valence-electron chi connectivity index (χ2n) is 8.33. The fourth-order valence-electron chi connectivity index (χ4n) is 3.76. The summed E-state index contributed by atoms with van der Waals surface area (Å²) in [6, 6.07) is -4.08. The molecule has 0 radical (unpaired) electrons. The minimum atomic E-state index is -2.12. The molecule has 33 heavy (non-hydrogen) atoms. The first kappa shape index (κ1) is 25.8. The van der Waals surface area contributed by atoms with Crippen LogP contribution < -0.4 is 16.4 Å². The Morgan fingerprint density at radius 1 is 1.18 bits per heavy atom. The van der Waals surface area contributed by atoms with E-state index in [2.05, 4.69) is 17.2 Å². The molecular weight excluding hydrogens is 438 g/mol. The van der Waals surface area contributed by atoms with Crippen LogP contribution in [-0.4, -0.2) is 94.3 Å². The van der Waals surface area contributed by atoms with Crippen molar-refractivity contribution in [2.75, 3.05) is 13.6 Å². The third kappa shape index (κ3) is 5.48. The first-order valence-electron chi connectivity index (χ1n) is 10.3. The zero-order valence-electron chi connectivity index (χ0n) is 18.9. The number of amides is 5. The third-order valence-corrected chi connectivity index (χ3v) is 5.59. The smallest absolute Gasteiger partial charge is 0.329 e. The van der Waals surface area contributed by atoms with Gasteiger partial charge in [-0.3, -0.25) is 24.0 Å². The molecule has 2 heterocycles. The highest BCUT2D eigenvalue weighted by atomic mass is 16.5. The van der Waals surface area contributed by atoms with E-state index in [-0.39, 0.29) is 24.6 Å². The van der Waals surface area contributed by atoms with Gasteiger partial charge in [0.25, 0.3) is 11.8 Å². The number of cyclic esters (lactones) is 1. The number of carbonyl (C=O) groups excluding carboxylic acids is 6. The minimum absolute atomic E-state index is 0.0594. The molecule has 6 atom stereocenters. The van der Waals surface area contributed by atoms with Crippen molar-refractivity contribution >= 4 is 35.5 Å². The van der Waals surface area contributed by atoms with E-state index >= 15 is 0 Å². The summed E-state index contributed by atoms with van der Waals surface area (Å²) in [7, 11) is 1.11. The molecule has 2 rings (SSSR count). The van der Waals surface area contributed by atoms with Gasteiger partial charge in [0.2, 0.25) is 17.7 Å². The summed E-state index contributed by atoms with van der Waals surface area (Å²) < 4.78 is 5.25. The molecule has 0 bridgehead atoms. The number of hydrogen-bond donors (Lipinski definition) is 4. The van der Waals surface area contributed by atoms with Crippen molar-refractivity contribution in [1.29, 1.82) is 0 Å². The van der Waals surface area contributed by atoms with E-state index < -0.39 is 65.8 Å². The Hall–Kier alpha value is -3.48. The Kier molecular flexibility index (Phi) is 7.80. The van der Waals surface area contributed by atoms with Crippen molar-refractivity contribution in [2.45, 2.75) is 57.5 Å². The van der Waals surface area contributed by atoms with E-state index in [0.29, 0.717) is 4.90 Å². The van der Waals surface area contributed by atoms with Crippen LogP contribution in [-0.2, 0) is 33.5 Å². The molecule has 0 aliphatic carbocycles. The van der Waals surface area contributed by atoms with Crippen LogP contribution in [0.1, 0.15) is 27.2 Å². The maximum atomic E-state index is 12.9. The van der Waals surface area contributed by atoms with Crippen LogP contribution in [0.5, 0.6) is 0 Å². The second kappa shape index (κ2) is 9.98. The van der Waals surface area contributed by atoms with Gasteiger partial charge in [0.15, 0.2) is 12.2 Å². The van der Waals surface area contributed by atoms with Gasteiger partial charge < -0.3 is 36.0 Å². The minimum Gasteiger partial charge on any atom is -0.451 e. The lowest BCUT2D eigenvalue weighted by Gasteiger charge is -2.32. The topological polar surface area (TPSA) is 188 Å². The molecule has 13 nitrogen and oxygen atoms in total. The van der Waals surface area contributed by atoms with E-state index in [9.17, 15) is 33.9 Å². The molecule has 0 saturated carbocycles. The normalized spacial score (nSPS) is 31.1. The number of primary amides is 1. The summed E-state index contributed by atoms with van der Waals surface area (Å²) in [6.07, 6.45) is -3.27. The van der Waals surface area contributed by atoms with Gasteiger partial charge in [-0.1, -0.05) is 13.5 Å². The number of rotatable bonds is 2. The Morgan fingerprint density at radius 2 is 1.79 bits per heavy atom. The highest BCUT2D eigenvalue weighted by Gasteiger charge is 2.43. The summed E-state index contributed by atoms with van der Waals surface area (Å²) in [5.41, 5.74) is 4.79. The van der Waals surface area contributed by atoms with E-state index in [1.54, 1.807) is 0 Å². The van der Waals surface area contributed by atoms with Gasteiger partial charge in [-0.25, -0.2) is 4.79 Å². The zero-order chi connectivity index (χ0) is 25.2. The summed E-state index contributed by atoms with van der Waals surface area (Å²) in [5.74, 6) is -5.72. The largest absolute Gasteiger partial charge is 0.451 e. The lowest BCUT2D eigenvalue weighted by molar-refractivity contribution is -0.166. The number of hydrogen-bond acceptors (Lipinski definition) is 8. The Balaban J connectivity index is 2.47. The SMILES string of the molecule is C=C1NC(=O)C(C)NC(=O)C(C(O)C(N)=O)N(C)C(=O)C(C)OC(=O)C2CC(C)CN2C1=O. The fourth-order valence-corrected chi connectivity index (χ4v) is 3.76. The molecule has 0 aromatic carbocycles. The highest BCUT2D eigenvalue weighted by molar-refractivity contribution is 6.02. The fraction of sp³-hybridized carbons (Fsp3) is 0.600. The molecule has 2 fully saturated rings. The average molecular weight is 467 g/mol. The van der Waals surface area contributed by atoms with Crippen LogP contribution in [0.2, 0.25) is 0 Å². The maximum Gasteiger partial charge on any atom is 0.329 e. The predicted molar refractivity (Wildman–Crippen MR) is 111 cm³/mol. The van der Waals surface area contributed by atoms with Gasteiger partial charge in [-0.05, 0) is 26.2 Å². The molecule has 0 spiro atoms. The first-order valence-corrected chi connectivity index (χ1v) is 10.3. The number of nitrogens with two attached hydrogens (primary N) is 1. The van der Waals surface area contributed by atoms with Crippen LogP contribution in [0.4, 0.5) is 0 Å². The Bertz CT molecular complexity index is 890.